The first-order valence-electron chi connectivity index (χ1n) is 5.67. The molecule has 0 amide bonds. The maximum atomic E-state index is 5.57. The monoisotopic (exact) mass is 217 g/mol. The summed E-state index contributed by atoms with van der Waals surface area (Å²) in [6.45, 7) is 3.48. The van der Waals surface area contributed by atoms with Gasteiger partial charge in [0, 0.05) is 12.3 Å². The zero-order valence-corrected chi connectivity index (χ0v) is 10.5. The lowest BCUT2D eigenvalue weighted by atomic mass is 9.92. The molecule has 0 aromatic heterocycles. The molecule has 0 unspecified atom stereocenters. The summed E-state index contributed by atoms with van der Waals surface area (Å²) in [5, 5.41) is 0. The van der Waals surface area contributed by atoms with Crippen molar-refractivity contribution in [3.8, 4) is 0 Å². The summed E-state index contributed by atoms with van der Waals surface area (Å²) in [7, 11) is 2.25. The highest BCUT2D eigenvalue weighted by atomic mass is 32.2. The molecule has 84 valence electrons. The zero-order chi connectivity index (χ0) is 10.4. The lowest BCUT2D eigenvalue weighted by molar-refractivity contribution is 0.116. The van der Waals surface area contributed by atoms with Gasteiger partial charge in [-0.1, -0.05) is 6.92 Å². The molecule has 2 nitrogen and oxygen atoms in total. The van der Waals surface area contributed by atoms with Crippen LogP contribution in [0, 0.1) is 0 Å². The predicted molar refractivity (Wildman–Crippen MR) is 63.6 cm³/mol. The van der Waals surface area contributed by atoms with E-state index in [2.05, 4.69) is 18.9 Å². The maximum absolute atomic E-state index is 5.57. The number of rotatable bonds is 5. The van der Waals surface area contributed by atoms with Gasteiger partial charge in [-0.15, -0.1) is 0 Å². The highest BCUT2D eigenvalue weighted by Crippen LogP contribution is 2.26. The lowest BCUT2D eigenvalue weighted by Gasteiger charge is -2.33. The smallest absolute Gasteiger partial charge is 0.0723 e. The largest absolute Gasteiger partial charge is 0.312 e. The molecule has 3 heteroatoms. The Labute approximate surface area is 92.6 Å². The van der Waals surface area contributed by atoms with E-state index in [9.17, 15) is 0 Å². The van der Waals surface area contributed by atoms with Crippen molar-refractivity contribution in [1.82, 2.24) is 4.90 Å². The van der Waals surface area contributed by atoms with Gasteiger partial charge in [-0.2, -0.15) is 0 Å². The van der Waals surface area contributed by atoms with Gasteiger partial charge >= 0.3 is 0 Å². The molecule has 0 bridgehead atoms. The van der Waals surface area contributed by atoms with E-state index in [0.717, 1.165) is 6.04 Å². The molecule has 0 aromatic rings. The van der Waals surface area contributed by atoms with Gasteiger partial charge in [0.25, 0.3) is 0 Å². The van der Waals surface area contributed by atoms with Crippen LogP contribution in [0.5, 0.6) is 0 Å². The van der Waals surface area contributed by atoms with E-state index >= 15 is 0 Å². The summed E-state index contributed by atoms with van der Waals surface area (Å²) in [5.41, 5.74) is 0. The van der Waals surface area contributed by atoms with Crippen LogP contribution in [-0.2, 0) is 4.18 Å². The molecule has 1 rings (SSSR count). The molecular formula is C11H23NOS. The van der Waals surface area contributed by atoms with E-state index in [-0.39, 0.29) is 0 Å². The molecular weight excluding hydrogens is 194 g/mol. The summed E-state index contributed by atoms with van der Waals surface area (Å²) in [5.74, 6) is 0. The lowest BCUT2D eigenvalue weighted by Crippen LogP contribution is -2.36. The minimum Gasteiger partial charge on any atom is -0.312 e. The zero-order valence-electron chi connectivity index (χ0n) is 9.66. The quantitative estimate of drug-likeness (QED) is 0.657. The van der Waals surface area contributed by atoms with Crippen molar-refractivity contribution in [1.29, 1.82) is 0 Å². The second-order valence-electron chi connectivity index (χ2n) is 4.17. The fourth-order valence-electron chi connectivity index (χ4n) is 2.25. The second kappa shape index (κ2) is 6.70. The molecule has 0 atom stereocenters. The van der Waals surface area contributed by atoms with Crippen LogP contribution in [0.15, 0.2) is 0 Å². The SMILES string of the molecule is CCCN(C)C1CCC(OSC)CC1. The van der Waals surface area contributed by atoms with Gasteiger partial charge in [0.1, 0.15) is 0 Å². The first kappa shape index (κ1) is 12.3. The Balaban J connectivity index is 2.21. The molecule has 1 aliphatic rings. The minimum absolute atomic E-state index is 0.510. The van der Waals surface area contributed by atoms with Crippen molar-refractivity contribution >= 4 is 12.0 Å². The van der Waals surface area contributed by atoms with Crippen molar-refractivity contribution in [2.75, 3.05) is 19.8 Å². The van der Waals surface area contributed by atoms with Crippen LogP contribution >= 0.6 is 12.0 Å². The van der Waals surface area contributed by atoms with E-state index in [1.807, 2.05) is 6.26 Å². The van der Waals surface area contributed by atoms with Gasteiger partial charge in [0.05, 0.1) is 6.10 Å². The summed E-state index contributed by atoms with van der Waals surface area (Å²) in [6, 6.07) is 0.802. The summed E-state index contributed by atoms with van der Waals surface area (Å²) in [4.78, 5) is 2.51. The number of nitrogens with zero attached hydrogens (tertiary/aromatic N) is 1. The average Bonchev–Trinajstić information content (AvgIpc) is 2.20. The Bertz CT molecular complexity index is 146. The van der Waals surface area contributed by atoms with Gasteiger partial charge in [0.2, 0.25) is 0 Å². The second-order valence-corrected chi connectivity index (χ2v) is 4.70. The van der Waals surface area contributed by atoms with Gasteiger partial charge < -0.3 is 9.08 Å². The fraction of sp³-hybridized carbons (Fsp3) is 1.00. The molecule has 0 aromatic carbocycles. The maximum Gasteiger partial charge on any atom is 0.0723 e. The van der Waals surface area contributed by atoms with Crippen molar-refractivity contribution < 1.29 is 4.18 Å². The topological polar surface area (TPSA) is 12.5 Å². The fourth-order valence-corrected chi connectivity index (χ4v) is 2.72. The molecule has 1 saturated carbocycles. The highest BCUT2D eigenvalue weighted by Gasteiger charge is 2.23. The first-order valence-corrected chi connectivity index (χ1v) is 6.82. The van der Waals surface area contributed by atoms with Crippen molar-refractivity contribution in [3.63, 3.8) is 0 Å². The average molecular weight is 217 g/mol. The predicted octanol–water partition coefficient (Wildman–Crippen LogP) is 2.93. The Morgan fingerprint density at radius 3 is 2.43 bits per heavy atom. The molecule has 1 aliphatic carbocycles. The summed E-state index contributed by atoms with van der Waals surface area (Å²) >= 11 is 1.51. The van der Waals surface area contributed by atoms with E-state index in [4.69, 9.17) is 4.18 Å². The van der Waals surface area contributed by atoms with Crippen LogP contribution in [0.25, 0.3) is 0 Å². The van der Waals surface area contributed by atoms with Crippen LogP contribution in [-0.4, -0.2) is 36.9 Å². The molecule has 1 fully saturated rings. The third-order valence-electron chi connectivity index (χ3n) is 3.08. The van der Waals surface area contributed by atoms with Crippen LogP contribution < -0.4 is 0 Å². The Hall–Kier alpha value is 0.270. The molecule has 0 heterocycles. The highest BCUT2D eigenvalue weighted by molar-refractivity contribution is 7.93. The van der Waals surface area contributed by atoms with Crippen LogP contribution in [0.1, 0.15) is 39.0 Å². The Kier molecular flexibility index (Phi) is 5.90. The molecule has 0 radical (unpaired) electrons. The first-order chi connectivity index (χ1) is 6.77. The third-order valence-corrected chi connectivity index (χ3v) is 3.54. The van der Waals surface area contributed by atoms with Gasteiger partial charge in [-0.3, -0.25) is 0 Å². The van der Waals surface area contributed by atoms with Gasteiger partial charge in [0.15, 0.2) is 0 Å². The van der Waals surface area contributed by atoms with Crippen molar-refractivity contribution in [2.45, 2.75) is 51.2 Å². The molecule has 0 saturated heterocycles. The Morgan fingerprint density at radius 1 is 1.29 bits per heavy atom. The van der Waals surface area contributed by atoms with Crippen LogP contribution in [0.3, 0.4) is 0 Å². The standard InChI is InChI=1S/C11H23NOS/c1-4-9-12(2)10-5-7-11(8-6-10)13-14-3/h10-11H,4-9H2,1-3H3. The van der Waals surface area contributed by atoms with Crippen molar-refractivity contribution in [2.24, 2.45) is 0 Å². The summed E-state index contributed by atoms with van der Waals surface area (Å²) in [6.07, 6.45) is 8.87. The Morgan fingerprint density at radius 2 is 1.93 bits per heavy atom. The van der Waals surface area contributed by atoms with Gasteiger partial charge in [-0.05, 0) is 57.7 Å². The number of hydrogen-bond acceptors (Lipinski definition) is 3. The van der Waals surface area contributed by atoms with E-state index < -0.39 is 0 Å². The molecule has 14 heavy (non-hydrogen) atoms. The molecule has 0 aliphatic heterocycles. The van der Waals surface area contributed by atoms with E-state index in [1.165, 1.54) is 50.7 Å². The minimum atomic E-state index is 0.510. The molecule has 0 N–H and O–H groups in total. The van der Waals surface area contributed by atoms with E-state index in [0.29, 0.717) is 6.10 Å². The molecule has 0 spiro atoms. The van der Waals surface area contributed by atoms with Crippen molar-refractivity contribution in [3.05, 3.63) is 0 Å². The van der Waals surface area contributed by atoms with E-state index in [1.54, 1.807) is 0 Å². The van der Waals surface area contributed by atoms with Crippen LogP contribution in [0.4, 0.5) is 0 Å². The summed E-state index contributed by atoms with van der Waals surface area (Å²) < 4.78 is 5.57. The third kappa shape index (κ3) is 3.79. The van der Waals surface area contributed by atoms with Crippen LogP contribution in [0.2, 0.25) is 0 Å². The number of hydrogen-bond donors (Lipinski definition) is 0. The van der Waals surface area contributed by atoms with Gasteiger partial charge in [-0.25, -0.2) is 0 Å². The normalized spacial score (nSPS) is 28.3.